The summed E-state index contributed by atoms with van der Waals surface area (Å²) in [5, 5.41) is 0.355. The lowest BCUT2D eigenvalue weighted by Crippen LogP contribution is -2.04. The van der Waals surface area contributed by atoms with Gasteiger partial charge in [-0.2, -0.15) is 13.2 Å². The van der Waals surface area contributed by atoms with Crippen molar-refractivity contribution in [2.24, 2.45) is 0 Å². The van der Waals surface area contributed by atoms with Crippen molar-refractivity contribution in [3.8, 4) is 0 Å². The van der Waals surface area contributed by atoms with E-state index in [4.69, 9.17) is 0 Å². The second-order valence-corrected chi connectivity index (χ2v) is 4.20. The molecule has 2 rings (SSSR count). The van der Waals surface area contributed by atoms with Crippen molar-refractivity contribution in [2.45, 2.75) is 6.18 Å². The molecule has 1 aromatic carbocycles. The fraction of sp³-hybridized carbons (Fsp3) is 0.111. The molecule has 0 aliphatic carbocycles. The Morgan fingerprint density at radius 3 is 2.40 bits per heavy atom. The van der Waals surface area contributed by atoms with Crippen LogP contribution in [0.15, 0.2) is 18.2 Å². The third kappa shape index (κ3) is 1.95. The van der Waals surface area contributed by atoms with E-state index < -0.39 is 17.7 Å². The number of aromatic amines is 1. The van der Waals surface area contributed by atoms with Crippen molar-refractivity contribution in [3.05, 3.63) is 33.3 Å². The van der Waals surface area contributed by atoms with Crippen LogP contribution in [0.5, 0.6) is 0 Å². The molecule has 2 aromatic rings. The maximum Gasteiger partial charge on any atom is 0.431 e. The lowest BCUT2D eigenvalue weighted by atomic mass is 10.2. The molecule has 6 heteroatoms. The van der Waals surface area contributed by atoms with Crippen molar-refractivity contribution in [1.29, 1.82) is 0 Å². The van der Waals surface area contributed by atoms with Crippen LogP contribution < -0.4 is 0 Å². The average molecular weight is 329 g/mol. The predicted molar refractivity (Wildman–Crippen MR) is 56.0 cm³/mol. The largest absolute Gasteiger partial charge is 0.431 e. The number of hydrogen-bond acceptors (Lipinski definition) is 0. The summed E-state index contributed by atoms with van der Waals surface area (Å²) in [5.74, 6) is -0.529. The minimum absolute atomic E-state index is 0.153. The van der Waals surface area contributed by atoms with Crippen LogP contribution >= 0.6 is 22.6 Å². The average Bonchev–Trinajstić information content (AvgIpc) is 2.47. The standard InChI is InChI=1S/C9H4F4IN/c10-5-3-7-4(1-6(5)14)2-8(15-7)9(11,12)13/h1-3,15H. The van der Waals surface area contributed by atoms with Crippen LogP contribution in [0, 0.1) is 9.39 Å². The highest BCUT2D eigenvalue weighted by atomic mass is 127. The van der Waals surface area contributed by atoms with Gasteiger partial charge in [0.2, 0.25) is 0 Å². The van der Waals surface area contributed by atoms with Gasteiger partial charge in [0.15, 0.2) is 0 Å². The first kappa shape index (κ1) is 10.7. The van der Waals surface area contributed by atoms with Gasteiger partial charge in [0, 0.05) is 14.5 Å². The van der Waals surface area contributed by atoms with Crippen LogP contribution in [0.2, 0.25) is 0 Å². The summed E-state index contributed by atoms with van der Waals surface area (Å²) in [4.78, 5) is 2.14. The predicted octanol–water partition coefficient (Wildman–Crippen LogP) is 3.93. The van der Waals surface area contributed by atoms with E-state index >= 15 is 0 Å². The van der Waals surface area contributed by atoms with Crippen molar-refractivity contribution in [2.75, 3.05) is 0 Å². The van der Waals surface area contributed by atoms with E-state index in [0.717, 1.165) is 12.1 Å². The molecule has 0 aliphatic heterocycles. The summed E-state index contributed by atoms with van der Waals surface area (Å²) in [6.45, 7) is 0. The molecular formula is C9H4F4IN. The minimum atomic E-state index is -4.43. The molecule has 0 fully saturated rings. The van der Waals surface area contributed by atoms with Crippen LogP contribution in [-0.4, -0.2) is 4.98 Å². The van der Waals surface area contributed by atoms with Crippen LogP contribution in [0.3, 0.4) is 0 Å². The van der Waals surface area contributed by atoms with E-state index in [1.54, 1.807) is 22.6 Å². The fourth-order valence-corrected chi connectivity index (χ4v) is 1.77. The Balaban J connectivity index is 2.66. The lowest BCUT2D eigenvalue weighted by Gasteiger charge is -2.00. The van der Waals surface area contributed by atoms with Crippen LogP contribution in [-0.2, 0) is 6.18 Å². The molecule has 1 N–H and O–H groups in total. The van der Waals surface area contributed by atoms with E-state index in [2.05, 4.69) is 4.98 Å². The van der Waals surface area contributed by atoms with Crippen molar-refractivity contribution < 1.29 is 17.6 Å². The van der Waals surface area contributed by atoms with E-state index in [0.29, 0.717) is 8.96 Å². The first-order chi connectivity index (χ1) is 6.88. The third-order valence-corrected chi connectivity index (χ3v) is 2.79. The zero-order valence-corrected chi connectivity index (χ0v) is 9.28. The Bertz CT molecular complexity index is 476. The fourth-order valence-electron chi connectivity index (χ4n) is 1.28. The molecule has 80 valence electrons. The van der Waals surface area contributed by atoms with E-state index in [1.807, 2.05) is 0 Å². The highest BCUT2D eigenvalue weighted by Gasteiger charge is 2.32. The van der Waals surface area contributed by atoms with Gasteiger partial charge in [-0.25, -0.2) is 4.39 Å². The van der Waals surface area contributed by atoms with Crippen molar-refractivity contribution in [1.82, 2.24) is 4.98 Å². The maximum atomic E-state index is 13.0. The number of nitrogens with one attached hydrogen (secondary N) is 1. The Morgan fingerprint density at radius 2 is 1.80 bits per heavy atom. The zero-order valence-electron chi connectivity index (χ0n) is 7.12. The molecule has 0 bridgehead atoms. The highest BCUT2D eigenvalue weighted by Crippen LogP contribution is 2.31. The summed E-state index contributed by atoms with van der Waals surface area (Å²) in [6.07, 6.45) is -4.43. The van der Waals surface area contributed by atoms with Gasteiger partial charge >= 0.3 is 6.18 Å². The molecule has 0 unspecified atom stereocenters. The van der Waals surface area contributed by atoms with Crippen molar-refractivity contribution >= 4 is 33.5 Å². The molecule has 1 nitrogen and oxygen atoms in total. The summed E-state index contributed by atoms with van der Waals surface area (Å²) in [7, 11) is 0. The highest BCUT2D eigenvalue weighted by molar-refractivity contribution is 14.1. The molecule has 0 radical (unpaired) electrons. The number of halogens is 5. The number of hydrogen-bond donors (Lipinski definition) is 1. The second kappa shape index (κ2) is 3.36. The summed E-state index contributed by atoms with van der Waals surface area (Å²) in [5.41, 5.74) is -0.709. The molecule has 0 saturated carbocycles. The molecule has 1 aromatic heterocycles. The van der Waals surface area contributed by atoms with E-state index in [-0.39, 0.29) is 5.52 Å². The maximum absolute atomic E-state index is 13.0. The minimum Gasteiger partial charge on any atom is -0.351 e. The Labute approximate surface area is 95.6 Å². The van der Waals surface area contributed by atoms with Gasteiger partial charge in [-0.3, -0.25) is 0 Å². The number of aromatic nitrogens is 1. The van der Waals surface area contributed by atoms with Crippen LogP contribution in [0.25, 0.3) is 10.9 Å². The third-order valence-electron chi connectivity index (χ3n) is 1.97. The van der Waals surface area contributed by atoms with E-state index in [9.17, 15) is 17.6 Å². The molecule has 0 spiro atoms. The number of benzene rings is 1. The summed E-state index contributed by atoms with van der Waals surface area (Å²) < 4.78 is 50.2. The van der Waals surface area contributed by atoms with Crippen LogP contribution in [0.1, 0.15) is 5.69 Å². The van der Waals surface area contributed by atoms with Gasteiger partial charge < -0.3 is 4.98 Å². The van der Waals surface area contributed by atoms with Gasteiger partial charge in [0.05, 0.1) is 0 Å². The number of H-pyrrole nitrogens is 1. The molecule has 1 heterocycles. The second-order valence-electron chi connectivity index (χ2n) is 3.03. The zero-order chi connectivity index (χ0) is 11.2. The number of rotatable bonds is 0. The number of alkyl halides is 3. The smallest absolute Gasteiger partial charge is 0.351 e. The van der Waals surface area contributed by atoms with Crippen molar-refractivity contribution in [3.63, 3.8) is 0 Å². The molecule has 0 saturated heterocycles. The first-order valence-electron chi connectivity index (χ1n) is 3.93. The van der Waals surface area contributed by atoms with Gasteiger partial charge in [-0.1, -0.05) is 0 Å². The molecular weight excluding hydrogens is 325 g/mol. The van der Waals surface area contributed by atoms with Crippen LogP contribution in [0.4, 0.5) is 17.6 Å². The molecule has 0 aliphatic rings. The first-order valence-corrected chi connectivity index (χ1v) is 5.01. The van der Waals surface area contributed by atoms with Gasteiger partial charge in [0.1, 0.15) is 11.5 Å². The molecule has 0 amide bonds. The van der Waals surface area contributed by atoms with Gasteiger partial charge in [-0.05, 0) is 40.8 Å². The number of fused-ring (bicyclic) bond motifs is 1. The van der Waals surface area contributed by atoms with E-state index in [1.165, 1.54) is 6.07 Å². The van der Waals surface area contributed by atoms with Gasteiger partial charge in [-0.15, -0.1) is 0 Å². The normalized spacial score (nSPS) is 12.3. The quantitative estimate of drug-likeness (QED) is 0.557. The lowest BCUT2D eigenvalue weighted by molar-refractivity contribution is -0.140. The summed E-state index contributed by atoms with van der Waals surface area (Å²) >= 11 is 1.73. The molecule has 0 atom stereocenters. The van der Waals surface area contributed by atoms with Gasteiger partial charge in [0.25, 0.3) is 0 Å². The molecule has 15 heavy (non-hydrogen) atoms. The summed E-state index contributed by atoms with van der Waals surface area (Å²) in [6, 6.07) is 3.40. The topological polar surface area (TPSA) is 15.8 Å². The monoisotopic (exact) mass is 329 g/mol. The Kier molecular flexibility index (Phi) is 2.40. The Hall–Kier alpha value is -0.790. The Morgan fingerprint density at radius 1 is 1.13 bits per heavy atom. The SMILES string of the molecule is Fc1cc2[nH]c(C(F)(F)F)cc2cc1I.